The number of ether oxygens (including phenoxy) is 4. The molecule has 45 heavy (non-hydrogen) atoms. The fourth-order valence-corrected chi connectivity index (χ4v) is 4.88. The Kier molecular flexibility index (Phi) is 14.3. The first kappa shape index (κ1) is 39.2. The van der Waals surface area contributed by atoms with Gasteiger partial charge < -0.3 is 59.5 Å². The normalized spacial score (nSPS) is 22.1. The number of carbonyl (C=O) groups is 2. The zero-order valence-electron chi connectivity index (χ0n) is 26.0. The van der Waals surface area contributed by atoms with Crippen molar-refractivity contribution in [2.24, 2.45) is 5.73 Å². The van der Waals surface area contributed by atoms with Crippen molar-refractivity contribution in [3.63, 3.8) is 0 Å². The first-order valence-corrected chi connectivity index (χ1v) is 13.2. The van der Waals surface area contributed by atoms with E-state index in [1.54, 1.807) is 39.0 Å². The number of benzene rings is 1. The van der Waals surface area contributed by atoms with Gasteiger partial charge >= 0.3 is 28.8 Å². The Hall–Kier alpha value is -3.87. The van der Waals surface area contributed by atoms with Gasteiger partial charge in [-0.15, -0.1) is 0 Å². The minimum absolute atomic E-state index is 0. The van der Waals surface area contributed by atoms with Crippen LogP contribution in [0.25, 0.3) is 11.0 Å². The molecule has 0 radical (unpaired) electrons. The summed E-state index contributed by atoms with van der Waals surface area (Å²) < 4.78 is 27.7. The molecular weight excluding hydrogens is 628 g/mol. The summed E-state index contributed by atoms with van der Waals surface area (Å²) in [5.41, 5.74) is 3.51. The van der Waals surface area contributed by atoms with Crippen molar-refractivity contribution in [2.75, 3.05) is 12.4 Å². The molecule has 5 rings (SSSR count). The third-order valence-electron chi connectivity index (χ3n) is 6.97. The molecule has 5 N–H and O–H groups in total. The van der Waals surface area contributed by atoms with Gasteiger partial charge in [-0.05, 0) is 45.7 Å². The van der Waals surface area contributed by atoms with Crippen molar-refractivity contribution in [1.82, 2.24) is 0 Å². The van der Waals surface area contributed by atoms with Crippen molar-refractivity contribution < 1.29 is 60.2 Å². The van der Waals surface area contributed by atoms with Gasteiger partial charge in [0.15, 0.2) is 23.6 Å². The predicted octanol–water partition coefficient (Wildman–Crippen LogP) is 4.39. The molecule has 2 heterocycles. The molecule has 0 bridgehead atoms. The van der Waals surface area contributed by atoms with Gasteiger partial charge in [-0.2, -0.15) is 0 Å². The molecule has 0 unspecified atom stereocenters. The topological polar surface area (TPSA) is 180 Å². The molecule has 0 spiro atoms. The van der Waals surface area contributed by atoms with Gasteiger partial charge in [0.2, 0.25) is 6.29 Å². The van der Waals surface area contributed by atoms with E-state index in [2.05, 4.69) is 29.6 Å². The number of anilines is 1. The van der Waals surface area contributed by atoms with Crippen LogP contribution in [0.15, 0.2) is 69.4 Å². The molecule has 1 aromatic carbocycles. The van der Waals surface area contributed by atoms with Gasteiger partial charge in [0.05, 0.1) is 11.0 Å². The minimum Gasteiger partial charge on any atom is -0.505 e. The zero-order chi connectivity index (χ0) is 30.6. The molecule has 3 aliphatic rings. The number of aromatic hydroxyl groups is 1. The van der Waals surface area contributed by atoms with Crippen LogP contribution in [0.4, 0.5) is 10.5 Å². The molecule has 2 amide bonds. The average Bonchev–Trinajstić information content (AvgIpc) is 3.68. The number of allylic oxidation sites excluding steroid dienone is 7. The quantitative estimate of drug-likeness (QED) is 0.196. The van der Waals surface area contributed by atoms with Crippen LogP contribution in [-0.4, -0.2) is 59.5 Å². The van der Waals surface area contributed by atoms with Crippen LogP contribution in [0.2, 0.25) is 0 Å². The Balaban J connectivity index is 0.00000115. The maximum atomic E-state index is 12.7. The Morgan fingerprint density at radius 3 is 2.31 bits per heavy atom. The van der Waals surface area contributed by atoms with E-state index >= 15 is 0 Å². The van der Waals surface area contributed by atoms with E-state index in [0.717, 1.165) is 6.42 Å². The number of amides is 2. The Labute approximate surface area is 273 Å². The molecule has 2 aromatic rings. The molecule has 1 aliphatic heterocycles. The van der Waals surface area contributed by atoms with Crippen molar-refractivity contribution in [1.29, 1.82) is 0 Å². The molecular formula is C32H40FeN2O10. The van der Waals surface area contributed by atoms with E-state index in [1.165, 1.54) is 19.2 Å². The summed E-state index contributed by atoms with van der Waals surface area (Å²) >= 11 is 0. The first-order valence-electron chi connectivity index (χ1n) is 13.2. The summed E-state index contributed by atoms with van der Waals surface area (Å²) in [6, 6.07) is 2.90. The van der Waals surface area contributed by atoms with E-state index in [-0.39, 0.29) is 54.3 Å². The SMILES string of the molecule is C1=CCC=C1.CO[C@@H]1[C@@H](OC(N)=O)[C@@H](O)[C@H](Oc2ccc3c(O)c(NC(=O)C4=CC=CC4)c(=O)oc3c2C)OC1(C)C.[CH3-].[CH3-].[Fe+2]. The van der Waals surface area contributed by atoms with E-state index in [1.807, 2.05) is 0 Å². The van der Waals surface area contributed by atoms with E-state index in [9.17, 15) is 24.6 Å². The minimum atomic E-state index is -1.49. The summed E-state index contributed by atoms with van der Waals surface area (Å²) in [6.07, 6.45) is 9.05. The second-order valence-corrected chi connectivity index (χ2v) is 10.3. The molecule has 12 nitrogen and oxygen atoms in total. The van der Waals surface area contributed by atoms with Crippen LogP contribution in [-0.2, 0) is 36.1 Å². The number of methoxy groups -OCH3 is 1. The average molecular weight is 669 g/mol. The summed E-state index contributed by atoms with van der Waals surface area (Å²) in [5.74, 6) is -0.840. The van der Waals surface area contributed by atoms with E-state index < -0.39 is 53.6 Å². The number of hydrogen-bond donors (Lipinski definition) is 4. The molecule has 2 aliphatic carbocycles. The van der Waals surface area contributed by atoms with Gasteiger partial charge in [-0.3, -0.25) is 4.79 Å². The van der Waals surface area contributed by atoms with Crippen LogP contribution in [0, 0.1) is 21.8 Å². The van der Waals surface area contributed by atoms with Gasteiger partial charge in [-0.1, -0.05) is 42.5 Å². The number of fused-ring (bicyclic) bond motifs is 1. The number of hydrogen-bond acceptors (Lipinski definition) is 10. The standard InChI is InChI=1S/C25H28N2O10.C5H6.2CH3.Fe/c1-11-14(34-23-17(29)19(36-24(26)32)20(33-4)25(2,3)37-23)10-9-13-16(28)15(22(31)35-18(11)13)27-21(30)12-7-5-6-8-12;1-2-4-5-3-1;;;/h5-7,9-10,17,19-20,23,28-29H,8H2,1-4H3,(H2,26,32)(H,27,30);1-4H,5H2;2*1H3;/q;;2*-1;+2/t17-,19+,20-,23-;;;;/m1..../s1. The molecule has 1 aromatic heterocycles. The van der Waals surface area contributed by atoms with Crippen molar-refractivity contribution >= 4 is 28.7 Å². The van der Waals surface area contributed by atoms with Crippen molar-refractivity contribution in [2.45, 2.75) is 63.8 Å². The van der Waals surface area contributed by atoms with Gasteiger partial charge in [-0.25, -0.2) is 9.59 Å². The van der Waals surface area contributed by atoms with Gasteiger partial charge in [0.1, 0.15) is 17.4 Å². The largest absolute Gasteiger partial charge is 2.00 e. The van der Waals surface area contributed by atoms with Crippen LogP contribution >= 0.6 is 0 Å². The Bertz CT molecular complexity index is 1530. The van der Waals surface area contributed by atoms with E-state index in [0.29, 0.717) is 17.6 Å². The second kappa shape index (κ2) is 16.4. The van der Waals surface area contributed by atoms with Gasteiger partial charge in [0, 0.05) is 18.2 Å². The third-order valence-corrected chi connectivity index (χ3v) is 6.97. The number of aryl methyl sites for hydroxylation is 1. The summed E-state index contributed by atoms with van der Waals surface area (Å²) in [4.78, 5) is 36.5. The number of nitrogens with two attached hydrogens (primary N) is 1. The van der Waals surface area contributed by atoms with Crippen LogP contribution < -0.4 is 21.4 Å². The Morgan fingerprint density at radius 1 is 1.11 bits per heavy atom. The van der Waals surface area contributed by atoms with Crippen LogP contribution in [0.1, 0.15) is 32.3 Å². The number of rotatable bonds is 6. The molecule has 13 heteroatoms. The third kappa shape index (κ3) is 8.65. The summed E-state index contributed by atoms with van der Waals surface area (Å²) in [7, 11) is 1.38. The molecule has 246 valence electrons. The Morgan fingerprint density at radius 2 is 1.78 bits per heavy atom. The van der Waals surface area contributed by atoms with Gasteiger partial charge in [0.25, 0.3) is 5.91 Å². The van der Waals surface area contributed by atoms with Crippen LogP contribution in [0.3, 0.4) is 0 Å². The summed E-state index contributed by atoms with van der Waals surface area (Å²) in [5, 5.41) is 24.2. The maximum absolute atomic E-state index is 12.7. The fraction of sp³-hybridized carbons (Fsp3) is 0.344. The molecule has 0 saturated carbocycles. The monoisotopic (exact) mass is 668 g/mol. The predicted molar refractivity (Wildman–Crippen MR) is 166 cm³/mol. The van der Waals surface area contributed by atoms with Crippen LogP contribution in [0.5, 0.6) is 11.5 Å². The number of primary amides is 1. The molecule has 1 saturated heterocycles. The smallest absolute Gasteiger partial charge is 0.505 e. The number of nitrogens with one attached hydrogen (secondary N) is 1. The number of aliphatic hydroxyl groups is 1. The molecule has 1 fully saturated rings. The molecule has 4 atom stereocenters. The fourth-order valence-electron chi connectivity index (χ4n) is 4.88. The zero-order valence-corrected chi connectivity index (χ0v) is 27.1. The second-order valence-electron chi connectivity index (χ2n) is 10.3. The number of aliphatic hydroxyl groups excluding tert-OH is 1. The van der Waals surface area contributed by atoms with Crippen molar-refractivity contribution in [3.05, 3.63) is 91.1 Å². The summed E-state index contributed by atoms with van der Waals surface area (Å²) in [6.45, 7) is 4.90. The van der Waals surface area contributed by atoms with Crippen molar-refractivity contribution in [3.8, 4) is 11.5 Å². The first-order chi connectivity index (χ1) is 19.9. The van der Waals surface area contributed by atoms with E-state index in [4.69, 9.17) is 29.1 Å². The maximum Gasteiger partial charge on any atom is 2.00 e. The number of carbonyl (C=O) groups excluding carboxylic acids is 2.